The lowest BCUT2D eigenvalue weighted by Crippen LogP contribution is -2.24. The number of aromatic nitrogens is 3. The van der Waals surface area contributed by atoms with Crippen molar-refractivity contribution >= 4 is 15.7 Å². The molecule has 0 fully saturated rings. The Bertz CT molecular complexity index is 609. The fraction of sp³-hybridized carbons (Fsp3) is 0.200. The van der Waals surface area contributed by atoms with Crippen molar-refractivity contribution in [2.45, 2.75) is 11.6 Å². The van der Waals surface area contributed by atoms with Crippen LogP contribution >= 0.6 is 0 Å². The molecule has 0 radical (unpaired) electrons. The van der Waals surface area contributed by atoms with Crippen molar-refractivity contribution < 1.29 is 8.42 Å². The third-order valence-electron chi connectivity index (χ3n) is 2.32. The number of nitrogens with one attached hydrogen (secondary N) is 3. The molecule has 0 aliphatic rings. The third kappa shape index (κ3) is 2.66. The maximum atomic E-state index is 12.1. The highest BCUT2D eigenvalue weighted by molar-refractivity contribution is 7.89. The number of H-pyrrole nitrogens is 1. The average Bonchev–Trinajstić information content (AvgIpc) is 2.89. The van der Waals surface area contributed by atoms with Crippen LogP contribution in [-0.4, -0.2) is 30.6 Å². The zero-order valence-corrected chi connectivity index (χ0v) is 10.5. The zero-order valence-electron chi connectivity index (χ0n) is 9.71. The molecule has 0 amide bonds. The van der Waals surface area contributed by atoms with Crippen molar-refractivity contribution in [1.29, 1.82) is 0 Å². The van der Waals surface area contributed by atoms with Crippen molar-refractivity contribution in [3.8, 4) is 0 Å². The Balaban J connectivity index is 2.20. The van der Waals surface area contributed by atoms with Gasteiger partial charge in [-0.15, -0.1) is 0 Å². The first kappa shape index (κ1) is 12.5. The van der Waals surface area contributed by atoms with Crippen LogP contribution in [0.4, 0.5) is 5.69 Å². The van der Waals surface area contributed by atoms with E-state index in [9.17, 15) is 8.42 Å². The number of sulfonamides is 1. The molecule has 18 heavy (non-hydrogen) atoms. The zero-order chi connectivity index (χ0) is 13.0. The molecule has 3 N–H and O–H groups in total. The fourth-order valence-electron chi connectivity index (χ4n) is 1.42. The van der Waals surface area contributed by atoms with Crippen LogP contribution in [-0.2, 0) is 16.6 Å². The van der Waals surface area contributed by atoms with Crippen molar-refractivity contribution in [2.24, 2.45) is 0 Å². The molecule has 96 valence electrons. The van der Waals surface area contributed by atoms with Gasteiger partial charge in [-0.1, -0.05) is 0 Å². The van der Waals surface area contributed by atoms with E-state index in [2.05, 4.69) is 25.2 Å². The Morgan fingerprint density at radius 1 is 1.44 bits per heavy atom. The van der Waals surface area contributed by atoms with Crippen molar-refractivity contribution in [3.05, 3.63) is 36.3 Å². The number of nitrogens with zero attached hydrogens (tertiary/aromatic N) is 2. The standard InChI is InChI=1S/C10H13N5O2S/c1-11-9-3-2-4-12-10(9)18(16,17)15-7-8-5-13-14-6-8/h2-6,11,15H,7H2,1H3,(H,13,14). The summed E-state index contributed by atoms with van der Waals surface area (Å²) in [5, 5.41) is 9.13. The number of hydrogen-bond donors (Lipinski definition) is 3. The molecule has 0 atom stereocenters. The van der Waals surface area contributed by atoms with Crippen LogP contribution in [0.15, 0.2) is 35.7 Å². The van der Waals surface area contributed by atoms with E-state index in [0.29, 0.717) is 5.69 Å². The molecule has 0 saturated heterocycles. The first-order valence-electron chi connectivity index (χ1n) is 5.23. The van der Waals surface area contributed by atoms with Gasteiger partial charge in [0.05, 0.1) is 11.9 Å². The van der Waals surface area contributed by atoms with Crippen molar-refractivity contribution in [3.63, 3.8) is 0 Å². The molecular weight excluding hydrogens is 254 g/mol. The third-order valence-corrected chi connectivity index (χ3v) is 3.67. The normalized spacial score (nSPS) is 11.4. The minimum absolute atomic E-state index is 0.0176. The molecule has 2 rings (SSSR count). The molecule has 0 spiro atoms. The van der Waals surface area contributed by atoms with Gasteiger partial charge in [0, 0.05) is 31.5 Å². The van der Waals surface area contributed by atoms with E-state index in [0.717, 1.165) is 5.56 Å². The Morgan fingerprint density at radius 3 is 2.94 bits per heavy atom. The summed E-state index contributed by atoms with van der Waals surface area (Å²) in [6, 6.07) is 3.32. The van der Waals surface area contributed by atoms with Gasteiger partial charge in [0.2, 0.25) is 0 Å². The second-order valence-corrected chi connectivity index (χ2v) is 5.22. The molecule has 0 unspecified atom stereocenters. The van der Waals surface area contributed by atoms with E-state index >= 15 is 0 Å². The number of pyridine rings is 1. The lowest BCUT2D eigenvalue weighted by Gasteiger charge is -2.09. The number of rotatable bonds is 5. The lowest BCUT2D eigenvalue weighted by atomic mass is 10.4. The molecule has 2 aromatic rings. The van der Waals surface area contributed by atoms with Gasteiger partial charge in [0.25, 0.3) is 10.0 Å². The van der Waals surface area contributed by atoms with Gasteiger partial charge >= 0.3 is 0 Å². The predicted octanol–water partition coefficient (Wildman–Crippen LogP) is 0.325. The Labute approximate surface area is 105 Å². The van der Waals surface area contributed by atoms with Crippen LogP contribution in [0, 0.1) is 0 Å². The number of anilines is 1. The Kier molecular flexibility index (Phi) is 3.58. The SMILES string of the molecule is CNc1cccnc1S(=O)(=O)NCc1cn[nH]c1. The van der Waals surface area contributed by atoms with Crippen LogP contribution in [0.5, 0.6) is 0 Å². The second kappa shape index (κ2) is 5.15. The largest absolute Gasteiger partial charge is 0.386 e. The molecule has 2 heterocycles. The van der Waals surface area contributed by atoms with Gasteiger partial charge in [-0.2, -0.15) is 5.10 Å². The number of hydrogen-bond acceptors (Lipinski definition) is 5. The number of aromatic amines is 1. The highest BCUT2D eigenvalue weighted by Crippen LogP contribution is 2.17. The molecule has 7 nitrogen and oxygen atoms in total. The summed E-state index contributed by atoms with van der Waals surface area (Å²) in [6.45, 7) is 0.165. The monoisotopic (exact) mass is 267 g/mol. The maximum Gasteiger partial charge on any atom is 0.260 e. The topological polar surface area (TPSA) is 99.8 Å². The molecule has 2 aromatic heterocycles. The minimum Gasteiger partial charge on any atom is -0.386 e. The van der Waals surface area contributed by atoms with E-state index in [1.807, 2.05) is 0 Å². The fourth-order valence-corrected chi connectivity index (χ4v) is 2.57. The highest BCUT2D eigenvalue weighted by Gasteiger charge is 2.19. The summed E-state index contributed by atoms with van der Waals surface area (Å²) in [4.78, 5) is 3.88. The smallest absolute Gasteiger partial charge is 0.260 e. The molecular formula is C10H13N5O2S. The maximum absolute atomic E-state index is 12.1. The van der Waals surface area contributed by atoms with Gasteiger partial charge < -0.3 is 5.32 Å². The predicted molar refractivity (Wildman–Crippen MR) is 66.4 cm³/mol. The van der Waals surface area contributed by atoms with Crippen LogP contribution < -0.4 is 10.0 Å². The minimum atomic E-state index is -3.64. The van der Waals surface area contributed by atoms with Gasteiger partial charge in [0.15, 0.2) is 5.03 Å². The van der Waals surface area contributed by atoms with Gasteiger partial charge in [-0.05, 0) is 12.1 Å². The molecule has 0 aromatic carbocycles. The summed E-state index contributed by atoms with van der Waals surface area (Å²) in [5.74, 6) is 0. The summed E-state index contributed by atoms with van der Waals surface area (Å²) in [7, 11) is -2.00. The Hall–Kier alpha value is -1.93. The summed E-state index contributed by atoms with van der Waals surface area (Å²) < 4.78 is 26.6. The molecule has 8 heteroatoms. The summed E-state index contributed by atoms with van der Waals surface area (Å²) in [6.07, 6.45) is 4.62. The van der Waals surface area contributed by atoms with E-state index in [1.54, 1.807) is 31.6 Å². The van der Waals surface area contributed by atoms with E-state index in [1.165, 1.54) is 6.20 Å². The van der Waals surface area contributed by atoms with E-state index in [4.69, 9.17) is 0 Å². The molecule has 0 saturated carbocycles. The van der Waals surface area contributed by atoms with Crippen LogP contribution in [0.3, 0.4) is 0 Å². The first-order chi connectivity index (χ1) is 8.63. The highest BCUT2D eigenvalue weighted by atomic mass is 32.2. The van der Waals surface area contributed by atoms with Crippen LogP contribution in [0.2, 0.25) is 0 Å². The van der Waals surface area contributed by atoms with Crippen LogP contribution in [0.1, 0.15) is 5.56 Å². The molecule has 0 aliphatic carbocycles. The van der Waals surface area contributed by atoms with Crippen LogP contribution in [0.25, 0.3) is 0 Å². The van der Waals surface area contributed by atoms with Gasteiger partial charge in [0.1, 0.15) is 0 Å². The second-order valence-electron chi connectivity index (χ2n) is 3.54. The van der Waals surface area contributed by atoms with Crippen molar-refractivity contribution in [1.82, 2.24) is 19.9 Å². The van der Waals surface area contributed by atoms with Crippen molar-refractivity contribution in [2.75, 3.05) is 12.4 Å². The summed E-state index contributed by atoms with van der Waals surface area (Å²) in [5.41, 5.74) is 1.21. The first-order valence-corrected chi connectivity index (χ1v) is 6.72. The molecule has 0 bridgehead atoms. The average molecular weight is 267 g/mol. The van der Waals surface area contributed by atoms with Gasteiger partial charge in [-0.25, -0.2) is 18.1 Å². The quantitative estimate of drug-likeness (QED) is 0.724. The molecule has 0 aliphatic heterocycles. The van der Waals surface area contributed by atoms with Gasteiger partial charge in [-0.3, -0.25) is 5.10 Å². The van der Waals surface area contributed by atoms with E-state index in [-0.39, 0.29) is 11.6 Å². The lowest BCUT2D eigenvalue weighted by molar-refractivity contribution is 0.578. The summed E-state index contributed by atoms with van der Waals surface area (Å²) >= 11 is 0. The van der Waals surface area contributed by atoms with E-state index < -0.39 is 10.0 Å². The Morgan fingerprint density at radius 2 is 2.28 bits per heavy atom.